The third kappa shape index (κ3) is 2.45. The van der Waals surface area contributed by atoms with Crippen LogP contribution in [0.25, 0.3) is 0 Å². The molecule has 0 amide bonds. The molecule has 1 heterocycles. The predicted octanol–water partition coefficient (Wildman–Crippen LogP) is 3.75. The normalized spacial score (nSPS) is 11.9. The van der Waals surface area contributed by atoms with E-state index in [9.17, 15) is 0 Å². The summed E-state index contributed by atoms with van der Waals surface area (Å²) >= 11 is 9.39. The average molecular weight is 278 g/mol. The van der Waals surface area contributed by atoms with E-state index in [2.05, 4.69) is 53.6 Å². The van der Waals surface area contributed by atoms with E-state index in [1.54, 1.807) is 0 Å². The van der Waals surface area contributed by atoms with E-state index in [1.807, 2.05) is 0 Å². The van der Waals surface area contributed by atoms with Crippen LogP contribution in [0.15, 0.2) is 4.47 Å². The maximum Gasteiger partial charge on any atom is 0.147 e. The highest BCUT2D eigenvalue weighted by Crippen LogP contribution is 2.27. The number of hydrogen-bond donors (Lipinski definition) is 0. The number of rotatable bonds is 1. The van der Waals surface area contributed by atoms with Gasteiger partial charge in [0.1, 0.15) is 11.0 Å². The smallest absolute Gasteiger partial charge is 0.147 e. The summed E-state index contributed by atoms with van der Waals surface area (Å²) in [7, 11) is 0. The highest BCUT2D eigenvalue weighted by Gasteiger charge is 2.20. The zero-order chi connectivity index (χ0) is 10.9. The van der Waals surface area contributed by atoms with Crippen molar-refractivity contribution in [3.05, 3.63) is 21.1 Å². The molecule has 4 heteroatoms. The van der Waals surface area contributed by atoms with E-state index in [-0.39, 0.29) is 5.41 Å². The third-order valence-corrected chi connectivity index (χ3v) is 3.22. The van der Waals surface area contributed by atoms with Crippen molar-refractivity contribution >= 4 is 27.5 Å². The van der Waals surface area contributed by atoms with Crippen LogP contribution < -0.4 is 0 Å². The summed E-state index contributed by atoms with van der Waals surface area (Å²) < 4.78 is 0.815. The van der Waals surface area contributed by atoms with Gasteiger partial charge in [-0.05, 0) is 22.4 Å². The van der Waals surface area contributed by atoms with Gasteiger partial charge in [0, 0.05) is 5.41 Å². The topological polar surface area (TPSA) is 25.8 Å². The van der Waals surface area contributed by atoms with E-state index < -0.39 is 0 Å². The van der Waals surface area contributed by atoms with Gasteiger partial charge in [-0.25, -0.2) is 9.97 Å². The van der Waals surface area contributed by atoms with Crippen molar-refractivity contribution in [2.24, 2.45) is 0 Å². The van der Waals surface area contributed by atoms with Crippen LogP contribution in [0.4, 0.5) is 0 Å². The fourth-order valence-electron chi connectivity index (χ4n) is 1.03. The lowest BCUT2D eigenvalue weighted by molar-refractivity contribution is 0.541. The van der Waals surface area contributed by atoms with Crippen molar-refractivity contribution in [3.8, 4) is 0 Å². The number of hydrogen-bond acceptors (Lipinski definition) is 2. The van der Waals surface area contributed by atoms with Crippen molar-refractivity contribution in [2.75, 3.05) is 0 Å². The lowest BCUT2D eigenvalue weighted by Crippen LogP contribution is -2.17. The van der Waals surface area contributed by atoms with E-state index in [0.29, 0.717) is 5.15 Å². The summed E-state index contributed by atoms with van der Waals surface area (Å²) in [6.45, 7) is 8.28. The molecule has 0 aliphatic carbocycles. The molecule has 0 N–H and O–H groups in total. The summed E-state index contributed by atoms with van der Waals surface area (Å²) in [6, 6.07) is 0. The van der Waals surface area contributed by atoms with Crippen molar-refractivity contribution < 1.29 is 0 Å². The van der Waals surface area contributed by atoms with Crippen LogP contribution in [-0.2, 0) is 11.8 Å². The minimum Gasteiger partial charge on any atom is -0.236 e. The van der Waals surface area contributed by atoms with Crippen molar-refractivity contribution in [2.45, 2.75) is 39.5 Å². The van der Waals surface area contributed by atoms with Crippen molar-refractivity contribution in [3.63, 3.8) is 0 Å². The van der Waals surface area contributed by atoms with Gasteiger partial charge in [0.2, 0.25) is 0 Å². The lowest BCUT2D eigenvalue weighted by Gasteiger charge is -2.18. The van der Waals surface area contributed by atoms with Gasteiger partial charge in [0.05, 0.1) is 10.2 Å². The Kier molecular flexibility index (Phi) is 3.53. The zero-order valence-corrected chi connectivity index (χ0v) is 11.2. The molecule has 0 bridgehead atoms. The monoisotopic (exact) mass is 276 g/mol. The molecule has 14 heavy (non-hydrogen) atoms. The van der Waals surface area contributed by atoms with Crippen LogP contribution in [0.5, 0.6) is 0 Å². The summed E-state index contributed by atoms with van der Waals surface area (Å²) in [4.78, 5) is 8.74. The quantitative estimate of drug-likeness (QED) is 0.731. The van der Waals surface area contributed by atoms with Gasteiger partial charge < -0.3 is 0 Å². The van der Waals surface area contributed by atoms with Crippen LogP contribution in [0, 0.1) is 0 Å². The SMILES string of the molecule is CCc1nc(C(C)(C)C)nc(Cl)c1Br. The second kappa shape index (κ2) is 4.15. The van der Waals surface area contributed by atoms with Gasteiger partial charge in [-0.1, -0.05) is 39.3 Å². The fraction of sp³-hybridized carbons (Fsp3) is 0.600. The third-order valence-electron chi connectivity index (χ3n) is 1.89. The molecule has 1 aromatic heterocycles. The molecule has 0 unspecified atom stereocenters. The first kappa shape index (κ1) is 11.9. The first-order valence-electron chi connectivity index (χ1n) is 4.58. The molecule has 0 spiro atoms. The Balaban J connectivity index is 3.30. The number of aromatic nitrogens is 2. The Labute approximate surface area is 98.2 Å². The molecule has 0 fully saturated rings. The maximum atomic E-state index is 6.01. The first-order chi connectivity index (χ1) is 6.36. The van der Waals surface area contributed by atoms with Crippen LogP contribution in [0.1, 0.15) is 39.2 Å². The first-order valence-corrected chi connectivity index (χ1v) is 5.75. The summed E-state index contributed by atoms with van der Waals surface area (Å²) in [6.07, 6.45) is 0.853. The molecule has 0 saturated carbocycles. The second-order valence-corrected chi connectivity index (χ2v) is 5.35. The zero-order valence-electron chi connectivity index (χ0n) is 8.86. The highest BCUT2D eigenvalue weighted by molar-refractivity contribution is 9.10. The molecule has 0 aromatic carbocycles. The highest BCUT2D eigenvalue weighted by atomic mass is 79.9. The Bertz CT molecular complexity index is 345. The molecular formula is C10H14BrClN2. The van der Waals surface area contributed by atoms with Gasteiger partial charge in [0.25, 0.3) is 0 Å². The number of halogens is 2. The minimum atomic E-state index is -0.0613. The van der Waals surface area contributed by atoms with Gasteiger partial charge in [0.15, 0.2) is 0 Å². The van der Waals surface area contributed by atoms with Gasteiger partial charge >= 0.3 is 0 Å². The molecule has 0 saturated heterocycles. The van der Waals surface area contributed by atoms with Crippen LogP contribution in [-0.4, -0.2) is 9.97 Å². The largest absolute Gasteiger partial charge is 0.236 e. The van der Waals surface area contributed by atoms with E-state index in [4.69, 9.17) is 11.6 Å². The summed E-state index contributed by atoms with van der Waals surface area (Å²) in [5.41, 5.74) is 0.906. The summed E-state index contributed by atoms with van der Waals surface area (Å²) in [5, 5.41) is 0.502. The standard InChI is InChI=1S/C10H14BrClN2/c1-5-6-7(11)8(12)14-9(13-6)10(2,3)4/h5H2,1-4H3. The van der Waals surface area contributed by atoms with Crippen molar-refractivity contribution in [1.82, 2.24) is 9.97 Å². The molecule has 0 radical (unpaired) electrons. The number of nitrogens with zero attached hydrogens (tertiary/aromatic N) is 2. The predicted molar refractivity (Wildman–Crippen MR) is 62.8 cm³/mol. The Hall–Kier alpha value is -0.150. The Morgan fingerprint density at radius 3 is 2.29 bits per heavy atom. The second-order valence-electron chi connectivity index (χ2n) is 4.20. The van der Waals surface area contributed by atoms with E-state index in [1.165, 1.54) is 0 Å². The molecule has 78 valence electrons. The van der Waals surface area contributed by atoms with Crippen LogP contribution in [0.3, 0.4) is 0 Å². The fourth-order valence-corrected chi connectivity index (χ4v) is 1.68. The van der Waals surface area contributed by atoms with E-state index in [0.717, 1.165) is 22.4 Å². The van der Waals surface area contributed by atoms with Crippen LogP contribution >= 0.6 is 27.5 Å². The van der Waals surface area contributed by atoms with Gasteiger partial charge in [-0.3, -0.25) is 0 Å². The average Bonchev–Trinajstić information content (AvgIpc) is 2.07. The molecule has 0 aliphatic rings. The lowest BCUT2D eigenvalue weighted by atomic mass is 9.95. The molecule has 1 aromatic rings. The molecule has 0 atom stereocenters. The Morgan fingerprint density at radius 1 is 1.29 bits per heavy atom. The molecular weight excluding hydrogens is 263 g/mol. The maximum absolute atomic E-state index is 6.01. The minimum absolute atomic E-state index is 0.0613. The van der Waals surface area contributed by atoms with Gasteiger partial charge in [-0.15, -0.1) is 0 Å². The Morgan fingerprint density at radius 2 is 1.86 bits per heavy atom. The summed E-state index contributed by atoms with van der Waals surface area (Å²) in [5.74, 6) is 0.794. The van der Waals surface area contributed by atoms with Gasteiger partial charge in [-0.2, -0.15) is 0 Å². The molecule has 1 rings (SSSR count). The molecule has 0 aliphatic heterocycles. The van der Waals surface area contributed by atoms with Crippen LogP contribution in [0.2, 0.25) is 5.15 Å². The van der Waals surface area contributed by atoms with E-state index >= 15 is 0 Å². The van der Waals surface area contributed by atoms with Crippen molar-refractivity contribution in [1.29, 1.82) is 0 Å². The molecule has 2 nitrogen and oxygen atoms in total. The number of aryl methyl sites for hydroxylation is 1.